The summed E-state index contributed by atoms with van der Waals surface area (Å²) in [6, 6.07) is 2.02. The van der Waals surface area contributed by atoms with Gasteiger partial charge < -0.3 is 5.32 Å². The average Bonchev–Trinajstić information content (AvgIpc) is 2.77. The zero-order valence-electron chi connectivity index (χ0n) is 15.5. The largest absolute Gasteiger partial charge is 0.391 e. The molecule has 1 aliphatic carbocycles. The molecule has 6 heteroatoms. The molecule has 26 heavy (non-hydrogen) atoms. The molecule has 1 saturated carbocycles. The zero-order valence-corrected chi connectivity index (χ0v) is 15.5. The second-order valence-corrected chi connectivity index (χ2v) is 7.86. The van der Waals surface area contributed by atoms with Crippen LogP contribution in [0, 0.1) is 33.6 Å². The van der Waals surface area contributed by atoms with Gasteiger partial charge in [0.05, 0.1) is 11.5 Å². The smallest absolute Gasteiger partial charge is 0.343 e. The highest BCUT2D eigenvalue weighted by Gasteiger charge is 2.56. The van der Waals surface area contributed by atoms with Crippen molar-refractivity contribution in [2.24, 2.45) is 5.92 Å². The van der Waals surface area contributed by atoms with E-state index < -0.39 is 23.6 Å². The van der Waals surface area contributed by atoms with E-state index in [1.807, 2.05) is 33.8 Å². The summed E-state index contributed by atoms with van der Waals surface area (Å²) in [4.78, 5) is 25.9. The first kappa shape index (κ1) is 18.9. The molecule has 1 aromatic rings. The molecule has 1 unspecified atom stereocenters. The first-order chi connectivity index (χ1) is 12.0. The van der Waals surface area contributed by atoms with Crippen molar-refractivity contribution in [1.29, 1.82) is 0 Å². The lowest BCUT2D eigenvalue weighted by atomic mass is 9.72. The molecule has 1 aliphatic heterocycles. The normalized spacial score (nSPS) is 29.3. The monoisotopic (exact) mass is 367 g/mol. The third kappa shape index (κ3) is 2.83. The van der Waals surface area contributed by atoms with Crippen LogP contribution < -0.4 is 5.32 Å². The lowest BCUT2D eigenvalue weighted by Gasteiger charge is -2.36. The molecular weight excluding hydrogens is 343 g/mol. The minimum absolute atomic E-state index is 0.0567. The lowest BCUT2D eigenvalue weighted by molar-refractivity contribution is -0.185. The predicted molar refractivity (Wildman–Crippen MR) is 92.0 cm³/mol. The van der Waals surface area contributed by atoms with Crippen molar-refractivity contribution in [3.05, 3.63) is 33.9 Å². The van der Waals surface area contributed by atoms with Gasteiger partial charge in [-0.1, -0.05) is 6.07 Å². The number of ketones is 1. The van der Waals surface area contributed by atoms with Crippen LogP contribution in [0.2, 0.25) is 0 Å². The predicted octanol–water partition coefficient (Wildman–Crippen LogP) is 4.19. The van der Waals surface area contributed by atoms with Crippen molar-refractivity contribution >= 4 is 11.7 Å². The summed E-state index contributed by atoms with van der Waals surface area (Å²) in [6.45, 7) is 7.66. The molecule has 0 radical (unpaired) electrons. The maximum atomic E-state index is 13.2. The molecule has 3 rings (SSSR count). The second-order valence-electron chi connectivity index (χ2n) is 7.86. The topological polar surface area (TPSA) is 46.2 Å². The molecule has 1 aromatic carbocycles. The van der Waals surface area contributed by atoms with E-state index in [-0.39, 0.29) is 37.4 Å². The van der Waals surface area contributed by atoms with Crippen LogP contribution in [0.5, 0.6) is 0 Å². The first-order valence-corrected chi connectivity index (χ1v) is 8.98. The molecule has 1 amide bonds. The van der Waals surface area contributed by atoms with Gasteiger partial charge in [-0.2, -0.15) is 13.2 Å². The highest BCUT2D eigenvalue weighted by Crippen LogP contribution is 2.46. The van der Waals surface area contributed by atoms with Gasteiger partial charge in [0.2, 0.25) is 5.91 Å². The Labute approximate surface area is 151 Å². The Hall–Kier alpha value is -1.85. The van der Waals surface area contributed by atoms with Gasteiger partial charge in [0.1, 0.15) is 5.92 Å². The molecule has 1 atom stereocenters. The Morgan fingerprint density at radius 3 is 1.96 bits per heavy atom. The fraction of sp³-hybridized carbons (Fsp3) is 0.600. The number of nitrogens with one attached hydrogen (secondary N) is 1. The van der Waals surface area contributed by atoms with E-state index in [4.69, 9.17) is 0 Å². The molecule has 1 N–H and O–H groups in total. The Balaban J connectivity index is 1.95. The number of halogens is 3. The summed E-state index contributed by atoms with van der Waals surface area (Å²) in [5, 5.41) is 2.78. The molecule has 2 aliphatic rings. The van der Waals surface area contributed by atoms with E-state index in [9.17, 15) is 22.8 Å². The fourth-order valence-electron chi connectivity index (χ4n) is 4.52. The van der Waals surface area contributed by atoms with Crippen molar-refractivity contribution in [1.82, 2.24) is 5.32 Å². The maximum absolute atomic E-state index is 13.2. The maximum Gasteiger partial charge on any atom is 0.391 e. The molecular formula is C20H24F3NO2. The van der Waals surface area contributed by atoms with Crippen LogP contribution in [0.25, 0.3) is 0 Å². The number of aryl methyl sites for hydroxylation is 2. The molecule has 3 nitrogen and oxygen atoms in total. The summed E-state index contributed by atoms with van der Waals surface area (Å²) in [5.74, 6) is -2.95. The number of Topliss-reactive ketones (excluding diaryl/α,β-unsaturated/α-hetero) is 1. The second kappa shape index (κ2) is 6.10. The zero-order chi connectivity index (χ0) is 19.4. The minimum atomic E-state index is -4.24. The minimum Gasteiger partial charge on any atom is -0.343 e. The Morgan fingerprint density at radius 1 is 1.00 bits per heavy atom. The number of carbonyl (C=O) groups is 2. The highest BCUT2D eigenvalue weighted by atomic mass is 19.4. The molecule has 1 saturated heterocycles. The van der Waals surface area contributed by atoms with Gasteiger partial charge >= 0.3 is 6.18 Å². The van der Waals surface area contributed by atoms with Crippen LogP contribution in [-0.2, 0) is 9.59 Å². The Bertz CT molecular complexity index is 748. The number of benzene rings is 1. The SMILES string of the molecule is Cc1cc(C)c(C)c(C2C(=O)NC3(CCC(C(F)(F)F)CC3)C2=O)c1C. The molecule has 0 aromatic heterocycles. The molecule has 1 heterocycles. The van der Waals surface area contributed by atoms with E-state index in [0.29, 0.717) is 0 Å². The van der Waals surface area contributed by atoms with E-state index in [1.54, 1.807) is 0 Å². The third-order valence-electron chi connectivity index (χ3n) is 6.37. The van der Waals surface area contributed by atoms with E-state index in [0.717, 1.165) is 27.8 Å². The lowest BCUT2D eigenvalue weighted by Crippen LogP contribution is -2.50. The summed E-state index contributed by atoms with van der Waals surface area (Å²) in [6.07, 6.45) is -4.37. The molecule has 2 fully saturated rings. The summed E-state index contributed by atoms with van der Waals surface area (Å²) < 4.78 is 38.9. The van der Waals surface area contributed by atoms with Crippen molar-refractivity contribution in [2.45, 2.75) is 71.0 Å². The summed E-state index contributed by atoms with van der Waals surface area (Å²) in [5.41, 5.74) is 3.40. The number of hydrogen-bond acceptors (Lipinski definition) is 2. The number of carbonyl (C=O) groups excluding carboxylic acids is 2. The molecule has 1 spiro atoms. The molecule has 0 bridgehead atoms. The third-order valence-corrected chi connectivity index (χ3v) is 6.37. The van der Waals surface area contributed by atoms with E-state index in [1.165, 1.54) is 0 Å². The number of alkyl halides is 3. The van der Waals surface area contributed by atoms with Gasteiger partial charge in [0, 0.05) is 0 Å². The van der Waals surface area contributed by atoms with E-state index >= 15 is 0 Å². The highest BCUT2D eigenvalue weighted by molar-refractivity contribution is 6.17. The summed E-state index contributed by atoms with van der Waals surface area (Å²) >= 11 is 0. The Morgan fingerprint density at radius 2 is 1.50 bits per heavy atom. The number of rotatable bonds is 1. The number of amides is 1. The summed E-state index contributed by atoms with van der Waals surface area (Å²) in [7, 11) is 0. The van der Waals surface area contributed by atoms with Crippen LogP contribution >= 0.6 is 0 Å². The van der Waals surface area contributed by atoms with Gasteiger partial charge in [-0.25, -0.2) is 0 Å². The quantitative estimate of drug-likeness (QED) is 0.757. The van der Waals surface area contributed by atoms with Crippen LogP contribution in [0.1, 0.15) is 59.4 Å². The van der Waals surface area contributed by atoms with Crippen LogP contribution in [0.4, 0.5) is 13.2 Å². The van der Waals surface area contributed by atoms with Crippen LogP contribution in [0.15, 0.2) is 6.07 Å². The van der Waals surface area contributed by atoms with Crippen molar-refractivity contribution in [2.75, 3.05) is 0 Å². The van der Waals surface area contributed by atoms with Gasteiger partial charge in [0.15, 0.2) is 5.78 Å². The van der Waals surface area contributed by atoms with Gasteiger partial charge in [0.25, 0.3) is 0 Å². The van der Waals surface area contributed by atoms with Crippen molar-refractivity contribution < 1.29 is 22.8 Å². The average molecular weight is 367 g/mol. The van der Waals surface area contributed by atoms with Gasteiger partial charge in [-0.15, -0.1) is 0 Å². The van der Waals surface area contributed by atoms with Gasteiger partial charge in [-0.05, 0) is 81.2 Å². The van der Waals surface area contributed by atoms with Crippen molar-refractivity contribution in [3.63, 3.8) is 0 Å². The van der Waals surface area contributed by atoms with Crippen LogP contribution in [0.3, 0.4) is 0 Å². The Kier molecular flexibility index (Phi) is 4.44. The standard InChI is InChI=1S/C20H24F3NO2/c1-10-9-11(2)13(4)15(12(10)3)16-17(25)19(24-18(16)26)7-5-14(6-8-19)20(21,22)23/h9,14,16H,5-8H2,1-4H3,(H,24,26). The van der Waals surface area contributed by atoms with E-state index in [2.05, 4.69) is 5.32 Å². The van der Waals surface area contributed by atoms with Gasteiger partial charge in [-0.3, -0.25) is 9.59 Å². The van der Waals surface area contributed by atoms with Crippen LogP contribution in [-0.4, -0.2) is 23.4 Å². The first-order valence-electron chi connectivity index (χ1n) is 8.98. The van der Waals surface area contributed by atoms with Crippen molar-refractivity contribution in [3.8, 4) is 0 Å². The molecule has 142 valence electrons. The fourth-order valence-corrected chi connectivity index (χ4v) is 4.52. The number of hydrogen-bond donors (Lipinski definition) is 1.